The molecule has 1 N–H and O–H groups in total. The third-order valence-corrected chi connectivity index (χ3v) is 5.79. The van der Waals surface area contributed by atoms with Gasteiger partial charge in [-0.05, 0) is 52.2 Å². The molecule has 0 saturated heterocycles. The number of anilines is 1. The van der Waals surface area contributed by atoms with Gasteiger partial charge in [0.1, 0.15) is 0 Å². The van der Waals surface area contributed by atoms with Crippen LogP contribution in [0.25, 0.3) is 6.08 Å². The Bertz CT molecular complexity index is 574. The van der Waals surface area contributed by atoms with E-state index < -0.39 is 0 Å². The van der Waals surface area contributed by atoms with Gasteiger partial charge in [-0.2, -0.15) is 0 Å². The Kier molecular flexibility index (Phi) is 3.44. The van der Waals surface area contributed by atoms with Crippen LogP contribution in [-0.4, -0.2) is 6.54 Å². The maximum Gasteiger partial charge on any atom is 0.0484 e. The van der Waals surface area contributed by atoms with Crippen LogP contribution in [0.4, 0.5) is 5.69 Å². The Morgan fingerprint density at radius 2 is 2.12 bits per heavy atom. The summed E-state index contributed by atoms with van der Waals surface area (Å²) in [6.07, 6.45) is 2.29. The molecule has 17 heavy (non-hydrogen) atoms. The normalized spacial score (nSPS) is 16.6. The van der Waals surface area contributed by atoms with Crippen LogP contribution in [0.5, 0.6) is 0 Å². The Morgan fingerprint density at radius 3 is 2.94 bits per heavy atom. The first-order valence-electron chi connectivity index (χ1n) is 5.27. The fraction of sp³-hybridized carbons (Fsp3) is 0.0769. The van der Waals surface area contributed by atoms with Crippen molar-refractivity contribution in [1.29, 1.82) is 0 Å². The minimum absolute atomic E-state index is 0.926. The van der Waals surface area contributed by atoms with Gasteiger partial charge in [0.05, 0.1) is 0 Å². The lowest BCUT2D eigenvalue weighted by Crippen LogP contribution is -2.08. The van der Waals surface area contributed by atoms with Crippen molar-refractivity contribution >= 4 is 57.5 Å². The van der Waals surface area contributed by atoms with E-state index in [0.29, 0.717) is 0 Å². The zero-order chi connectivity index (χ0) is 11.7. The summed E-state index contributed by atoms with van der Waals surface area (Å²) in [7, 11) is 0. The van der Waals surface area contributed by atoms with Gasteiger partial charge in [-0.15, -0.1) is 11.3 Å². The van der Waals surface area contributed by atoms with E-state index in [9.17, 15) is 0 Å². The Hall–Kier alpha value is -0.460. The first-order chi connectivity index (χ1) is 8.33. The monoisotopic (exact) mass is 371 g/mol. The number of hydrogen-bond acceptors (Lipinski definition) is 3. The van der Waals surface area contributed by atoms with Crippen LogP contribution in [0.2, 0.25) is 0 Å². The van der Waals surface area contributed by atoms with Gasteiger partial charge in [0.2, 0.25) is 0 Å². The molecular weight excluding hydrogens is 361 g/mol. The molecule has 0 radical (unpaired) electrons. The second kappa shape index (κ2) is 5.04. The summed E-state index contributed by atoms with van der Waals surface area (Å²) in [6.45, 7) is 0.926. The molecule has 1 aliphatic heterocycles. The first-order valence-corrected chi connectivity index (χ1v) is 8.05. The molecule has 2 aromatic rings. The van der Waals surface area contributed by atoms with Crippen LogP contribution in [-0.2, 0) is 0 Å². The molecule has 1 aromatic heterocycles. The number of nitrogens with one attached hydrogen (secondary N) is 1. The number of fused-ring (bicyclic) bond motifs is 1. The van der Waals surface area contributed by atoms with E-state index in [2.05, 4.69) is 69.7 Å². The molecule has 4 heteroatoms. The van der Waals surface area contributed by atoms with Gasteiger partial charge in [-0.1, -0.05) is 23.9 Å². The van der Waals surface area contributed by atoms with Crippen molar-refractivity contribution in [3.05, 3.63) is 49.1 Å². The SMILES string of the molecule is Ic1ccsc1/C=C1\CNc2ccccc2S1. The number of para-hydroxylation sites is 1. The van der Waals surface area contributed by atoms with E-state index >= 15 is 0 Å². The smallest absolute Gasteiger partial charge is 0.0484 e. The van der Waals surface area contributed by atoms with Gasteiger partial charge in [-0.25, -0.2) is 0 Å². The molecule has 0 spiro atoms. The van der Waals surface area contributed by atoms with Gasteiger partial charge >= 0.3 is 0 Å². The molecule has 1 aliphatic rings. The van der Waals surface area contributed by atoms with E-state index in [1.807, 2.05) is 11.8 Å². The van der Waals surface area contributed by atoms with Crippen molar-refractivity contribution in [2.75, 3.05) is 11.9 Å². The quantitative estimate of drug-likeness (QED) is 0.715. The van der Waals surface area contributed by atoms with E-state index in [0.717, 1.165) is 6.54 Å². The lowest BCUT2D eigenvalue weighted by Gasteiger charge is -2.19. The summed E-state index contributed by atoms with van der Waals surface area (Å²) < 4.78 is 1.33. The number of hydrogen-bond donors (Lipinski definition) is 1. The van der Waals surface area contributed by atoms with Crippen LogP contribution in [0, 0.1) is 3.57 Å². The standard InChI is InChI=1S/C13H10INS2/c14-10-5-6-16-13(10)7-9-8-15-11-3-1-2-4-12(11)17-9/h1-7,15H,8H2/b9-7+. The zero-order valence-corrected chi connectivity index (χ0v) is 12.7. The molecule has 0 saturated carbocycles. The molecule has 2 heterocycles. The number of benzene rings is 1. The van der Waals surface area contributed by atoms with Crippen molar-refractivity contribution < 1.29 is 0 Å². The fourth-order valence-electron chi connectivity index (χ4n) is 1.70. The molecule has 0 unspecified atom stereocenters. The van der Waals surface area contributed by atoms with Gasteiger partial charge in [0.15, 0.2) is 0 Å². The molecule has 1 nitrogen and oxygen atoms in total. The van der Waals surface area contributed by atoms with Gasteiger partial charge in [-0.3, -0.25) is 0 Å². The molecule has 0 aliphatic carbocycles. The molecular formula is C13H10INS2. The second-order valence-electron chi connectivity index (χ2n) is 3.70. The number of rotatable bonds is 1. The summed E-state index contributed by atoms with van der Waals surface area (Å²) >= 11 is 6.05. The van der Waals surface area contributed by atoms with Crippen LogP contribution in [0.15, 0.2) is 45.5 Å². The van der Waals surface area contributed by atoms with Crippen molar-refractivity contribution in [2.45, 2.75) is 4.90 Å². The summed E-state index contributed by atoms with van der Waals surface area (Å²) in [4.78, 5) is 4.05. The summed E-state index contributed by atoms with van der Waals surface area (Å²) in [5.41, 5.74) is 1.25. The highest BCUT2D eigenvalue weighted by molar-refractivity contribution is 14.1. The molecule has 86 valence electrons. The first kappa shape index (κ1) is 11.6. The molecule has 0 bridgehead atoms. The van der Waals surface area contributed by atoms with Gasteiger partial charge in [0.25, 0.3) is 0 Å². The minimum Gasteiger partial charge on any atom is -0.380 e. The van der Waals surface area contributed by atoms with Crippen LogP contribution in [0.1, 0.15) is 4.88 Å². The molecule has 0 fully saturated rings. The Balaban J connectivity index is 1.90. The lowest BCUT2D eigenvalue weighted by molar-refractivity contribution is 1.25. The minimum atomic E-state index is 0.926. The molecule has 0 atom stereocenters. The van der Waals surface area contributed by atoms with Crippen LogP contribution < -0.4 is 5.32 Å². The lowest BCUT2D eigenvalue weighted by atomic mass is 10.3. The average Bonchev–Trinajstić information content (AvgIpc) is 2.75. The van der Waals surface area contributed by atoms with Crippen molar-refractivity contribution in [1.82, 2.24) is 0 Å². The third kappa shape index (κ3) is 2.53. The third-order valence-electron chi connectivity index (χ3n) is 2.52. The number of halogens is 1. The summed E-state index contributed by atoms with van der Waals surface area (Å²) in [5, 5.41) is 5.60. The Labute approximate surface area is 122 Å². The maximum absolute atomic E-state index is 3.46. The zero-order valence-electron chi connectivity index (χ0n) is 8.94. The average molecular weight is 371 g/mol. The Morgan fingerprint density at radius 1 is 1.24 bits per heavy atom. The van der Waals surface area contributed by atoms with E-state index in [1.54, 1.807) is 11.3 Å². The highest BCUT2D eigenvalue weighted by atomic mass is 127. The maximum atomic E-state index is 3.46. The van der Waals surface area contributed by atoms with E-state index in [1.165, 1.54) is 23.9 Å². The highest BCUT2D eigenvalue weighted by Gasteiger charge is 2.12. The fourth-order valence-corrected chi connectivity index (χ4v) is 4.47. The van der Waals surface area contributed by atoms with Crippen molar-refractivity contribution in [2.24, 2.45) is 0 Å². The van der Waals surface area contributed by atoms with Crippen LogP contribution in [0.3, 0.4) is 0 Å². The highest BCUT2D eigenvalue weighted by Crippen LogP contribution is 2.38. The van der Waals surface area contributed by atoms with Crippen molar-refractivity contribution in [3.8, 4) is 0 Å². The number of thiophene rings is 1. The summed E-state index contributed by atoms with van der Waals surface area (Å²) in [5.74, 6) is 0. The van der Waals surface area contributed by atoms with E-state index in [4.69, 9.17) is 0 Å². The van der Waals surface area contributed by atoms with Crippen molar-refractivity contribution in [3.63, 3.8) is 0 Å². The molecule has 1 aromatic carbocycles. The predicted octanol–water partition coefficient (Wildman–Crippen LogP) is 4.91. The topological polar surface area (TPSA) is 12.0 Å². The second-order valence-corrected chi connectivity index (χ2v) is 6.97. The molecule has 3 rings (SSSR count). The van der Waals surface area contributed by atoms with Crippen LogP contribution >= 0.6 is 45.7 Å². The largest absolute Gasteiger partial charge is 0.380 e. The van der Waals surface area contributed by atoms with E-state index in [-0.39, 0.29) is 0 Å². The molecule has 0 amide bonds. The summed E-state index contributed by atoms with van der Waals surface area (Å²) in [6, 6.07) is 10.6. The van der Waals surface area contributed by atoms with Gasteiger partial charge < -0.3 is 5.32 Å². The van der Waals surface area contributed by atoms with Gasteiger partial charge in [0, 0.05) is 30.5 Å². The number of thioether (sulfide) groups is 1. The predicted molar refractivity (Wildman–Crippen MR) is 85.8 cm³/mol.